The van der Waals surface area contributed by atoms with Crippen molar-refractivity contribution in [1.29, 1.82) is 0 Å². The van der Waals surface area contributed by atoms with Gasteiger partial charge in [0.1, 0.15) is 17.2 Å². The normalized spacial score (nSPS) is 10.6. The van der Waals surface area contributed by atoms with E-state index in [-0.39, 0.29) is 6.61 Å². The van der Waals surface area contributed by atoms with Gasteiger partial charge in [0, 0.05) is 5.02 Å². The van der Waals surface area contributed by atoms with Gasteiger partial charge < -0.3 is 14.2 Å². The summed E-state index contributed by atoms with van der Waals surface area (Å²) in [4.78, 5) is 24.0. The fraction of sp³-hybridized carbons (Fsp3) is 0.125. The Kier molecular flexibility index (Phi) is 8.22. The highest BCUT2D eigenvalue weighted by Crippen LogP contribution is 2.17. The van der Waals surface area contributed by atoms with Crippen molar-refractivity contribution < 1.29 is 23.8 Å². The largest absolute Gasteiger partial charge is 0.494 e. The van der Waals surface area contributed by atoms with E-state index in [9.17, 15) is 9.59 Å². The molecule has 0 saturated carbocycles. The number of hydrogen-bond donors (Lipinski definition) is 1. The van der Waals surface area contributed by atoms with Crippen LogP contribution in [0.1, 0.15) is 22.8 Å². The summed E-state index contributed by atoms with van der Waals surface area (Å²) >= 11 is 5.80. The first kappa shape index (κ1) is 22.8. The zero-order chi connectivity index (χ0) is 22.8. The van der Waals surface area contributed by atoms with Crippen LogP contribution in [0, 0.1) is 0 Å². The quantitative estimate of drug-likeness (QED) is 0.224. The lowest BCUT2D eigenvalue weighted by Gasteiger charge is -2.06. The summed E-state index contributed by atoms with van der Waals surface area (Å²) in [5.41, 5.74) is 3.51. The van der Waals surface area contributed by atoms with Crippen LogP contribution in [-0.4, -0.2) is 31.3 Å². The number of hydrazone groups is 1. The van der Waals surface area contributed by atoms with Crippen molar-refractivity contribution >= 4 is 29.7 Å². The molecule has 0 atom stereocenters. The molecule has 8 heteroatoms. The summed E-state index contributed by atoms with van der Waals surface area (Å²) in [6, 6.07) is 20.1. The molecule has 0 unspecified atom stereocenters. The van der Waals surface area contributed by atoms with Crippen LogP contribution in [0.15, 0.2) is 77.9 Å². The monoisotopic (exact) mass is 452 g/mol. The van der Waals surface area contributed by atoms with Crippen molar-refractivity contribution in [3.63, 3.8) is 0 Å². The number of halogens is 1. The van der Waals surface area contributed by atoms with E-state index >= 15 is 0 Å². The van der Waals surface area contributed by atoms with Crippen molar-refractivity contribution in [3.05, 3.63) is 88.9 Å². The molecule has 164 valence electrons. The molecule has 0 aliphatic heterocycles. The molecular weight excluding hydrogens is 432 g/mol. The van der Waals surface area contributed by atoms with Crippen molar-refractivity contribution in [3.8, 4) is 17.2 Å². The van der Waals surface area contributed by atoms with Gasteiger partial charge in [0.05, 0.1) is 18.4 Å². The van der Waals surface area contributed by atoms with Crippen molar-refractivity contribution in [2.24, 2.45) is 5.10 Å². The van der Waals surface area contributed by atoms with E-state index in [2.05, 4.69) is 10.5 Å². The second-order valence-corrected chi connectivity index (χ2v) is 6.89. The molecule has 0 saturated heterocycles. The summed E-state index contributed by atoms with van der Waals surface area (Å²) in [7, 11) is 0. The van der Waals surface area contributed by atoms with Crippen molar-refractivity contribution in [2.75, 3.05) is 13.2 Å². The zero-order valence-electron chi connectivity index (χ0n) is 17.3. The Morgan fingerprint density at radius 3 is 2.12 bits per heavy atom. The number of hydrogen-bond acceptors (Lipinski definition) is 6. The summed E-state index contributed by atoms with van der Waals surface area (Å²) in [5, 5.41) is 4.47. The van der Waals surface area contributed by atoms with Crippen LogP contribution < -0.4 is 19.6 Å². The number of carbonyl (C=O) groups excluding carboxylic acids is 2. The number of esters is 1. The molecule has 0 radical (unpaired) electrons. The standard InChI is InChI=1S/C24H21ClN2O5/c1-2-30-20-11-5-18(6-12-20)24(29)32-22-9-3-17(4-10-22)15-26-27-23(28)16-31-21-13-7-19(25)8-14-21/h3-15H,2,16H2,1H3,(H,27,28)/b26-15-. The molecule has 3 aromatic rings. The number of carbonyl (C=O) groups is 2. The number of ether oxygens (including phenoxy) is 3. The molecule has 7 nitrogen and oxygen atoms in total. The molecule has 0 aliphatic carbocycles. The fourth-order valence-electron chi connectivity index (χ4n) is 2.53. The third-order valence-electron chi connectivity index (χ3n) is 4.08. The fourth-order valence-corrected chi connectivity index (χ4v) is 2.66. The lowest BCUT2D eigenvalue weighted by molar-refractivity contribution is -0.123. The molecule has 32 heavy (non-hydrogen) atoms. The van der Waals surface area contributed by atoms with E-state index in [1.807, 2.05) is 6.92 Å². The highest BCUT2D eigenvalue weighted by Gasteiger charge is 2.09. The van der Waals surface area contributed by atoms with Crippen molar-refractivity contribution in [1.82, 2.24) is 5.43 Å². The Morgan fingerprint density at radius 2 is 1.47 bits per heavy atom. The number of rotatable bonds is 9. The Morgan fingerprint density at radius 1 is 0.875 bits per heavy atom. The van der Waals surface area contributed by atoms with Crippen LogP contribution in [0.5, 0.6) is 17.2 Å². The average Bonchev–Trinajstić information content (AvgIpc) is 2.80. The predicted molar refractivity (Wildman–Crippen MR) is 122 cm³/mol. The third kappa shape index (κ3) is 7.14. The van der Waals surface area contributed by atoms with Gasteiger partial charge in [-0.05, 0) is 85.3 Å². The molecule has 3 rings (SSSR count). The molecule has 0 fully saturated rings. The summed E-state index contributed by atoms with van der Waals surface area (Å²) < 4.78 is 16.0. The second-order valence-electron chi connectivity index (χ2n) is 6.45. The minimum absolute atomic E-state index is 0.181. The van der Waals surface area contributed by atoms with Crippen molar-refractivity contribution in [2.45, 2.75) is 6.92 Å². The van der Waals surface area contributed by atoms with Crippen LogP contribution in [0.25, 0.3) is 0 Å². The van der Waals surface area contributed by atoms with Crippen LogP contribution in [0.3, 0.4) is 0 Å². The van der Waals surface area contributed by atoms with E-state index in [0.29, 0.717) is 40.0 Å². The van der Waals surface area contributed by atoms with Gasteiger partial charge in [0.2, 0.25) is 0 Å². The summed E-state index contributed by atoms with van der Waals surface area (Å²) in [5.74, 6) is 0.737. The van der Waals surface area contributed by atoms with E-state index < -0.39 is 11.9 Å². The average molecular weight is 453 g/mol. The van der Waals surface area contributed by atoms with Gasteiger partial charge in [-0.2, -0.15) is 5.10 Å². The van der Waals surface area contributed by atoms with Gasteiger partial charge >= 0.3 is 5.97 Å². The van der Waals surface area contributed by atoms with Crippen LogP contribution >= 0.6 is 11.6 Å². The summed E-state index contributed by atoms with van der Waals surface area (Å²) in [6.45, 7) is 2.27. The first-order valence-corrected chi connectivity index (χ1v) is 10.2. The number of nitrogens with zero attached hydrogens (tertiary/aromatic N) is 1. The maximum atomic E-state index is 12.2. The van der Waals surface area contributed by atoms with Crippen LogP contribution in [0.4, 0.5) is 0 Å². The minimum Gasteiger partial charge on any atom is -0.494 e. The molecule has 1 amide bonds. The van der Waals surface area contributed by atoms with Gasteiger partial charge in [0.25, 0.3) is 5.91 Å². The molecule has 0 heterocycles. The van der Waals surface area contributed by atoms with E-state index in [1.54, 1.807) is 72.8 Å². The second kappa shape index (κ2) is 11.5. The Hall–Kier alpha value is -3.84. The first-order valence-electron chi connectivity index (χ1n) is 9.79. The SMILES string of the molecule is CCOc1ccc(C(=O)Oc2ccc(/C=N\NC(=O)COc3ccc(Cl)cc3)cc2)cc1. The van der Waals surface area contributed by atoms with E-state index in [1.165, 1.54) is 6.21 Å². The maximum absolute atomic E-state index is 12.2. The number of amides is 1. The Labute approximate surface area is 190 Å². The molecular formula is C24H21ClN2O5. The number of benzene rings is 3. The third-order valence-corrected chi connectivity index (χ3v) is 4.33. The van der Waals surface area contributed by atoms with Gasteiger partial charge in [-0.25, -0.2) is 10.2 Å². The zero-order valence-corrected chi connectivity index (χ0v) is 18.0. The Balaban J connectivity index is 1.45. The highest BCUT2D eigenvalue weighted by molar-refractivity contribution is 6.30. The first-order chi connectivity index (χ1) is 15.5. The molecule has 0 aromatic heterocycles. The lowest BCUT2D eigenvalue weighted by atomic mass is 10.2. The predicted octanol–water partition coefficient (Wildman–Crippen LogP) is 4.49. The van der Waals surface area contributed by atoms with Crippen LogP contribution in [-0.2, 0) is 4.79 Å². The molecule has 1 N–H and O–H groups in total. The minimum atomic E-state index is -0.470. The molecule has 0 bridgehead atoms. The Bertz CT molecular complexity index is 1070. The molecule has 0 aliphatic rings. The summed E-state index contributed by atoms with van der Waals surface area (Å²) in [6.07, 6.45) is 1.47. The van der Waals surface area contributed by atoms with Gasteiger partial charge in [-0.3, -0.25) is 4.79 Å². The lowest BCUT2D eigenvalue weighted by Crippen LogP contribution is -2.24. The number of nitrogens with one attached hydrogen (secondary N) is 1. The maximum Gasteiger partial charge on any atom is 0.343 e. The van der Waals surface area contributed by atoms with Crippen LogP contribution in [0.2, 0.25) is 5.02 Å². The molecule has 3 aromatic carbocycles. The van der Waals surface area contributed by atoms with E-state index in [4.69, 9.17) is 25.8 Å². The van der Waals surface area contributed by atoms with Gasteiger partial charge in [-0.1, -0.05) is 11.6 Å². The molecule has 0 spiro atoms. The highest BCUT2D eigenvalue weighted by atomic mass is 35.5. The van der Waals surface area contributed by atoms with Gasteiger partial charge in [-0.15, -0.1) is 0 Å². The smallest absolute Gasteiger partial charge is 0.343 e. The topological polar surface area (TPSA) is 86.2 Å². The van der Waals surface area contributed by atoms with E-state index in [0.717, 1.165) is 0 Å². The van der Waals surface area contributed by atoms with Gasteiger partial charge in [0.15, 0.2) is 6.61 Å².